The Labute approximate surface area is 222 Å². The molecule has 194 valence electrons. The Morgan fingerprint density at radius 3 is 2.34 bits per heavy atom. The number of halogens is 4. The van der Waals surface area contributed by atoms with Crippen LogP contribution >= 0.6 is 22.9 Å². The highest BCUT2D eigenvalue weighted by molar-refractivity contribution is 7.22. The Hall–Kier alpha value is -3.96. The lowest BCUT2D eigenvalue weighted by atomic mass is 10.1. The Kier molecular flexibility index (Phi) is 6.80. The van der Waals surface area contributed by atoms with E-state index >= 15 is 0 Å². The van der Waals surface area contributed by atoms with Crippen molar-refractivity contribution in [3.05, 3.63) is 76.8 Å². The van der Waals surface area contributed by atoms with Gasteiger partial charge in [0.25, 0.3) is 11.7 Å². The minimum atomic E-state index is -4.71. The molecule has 0 aliphatic heterocycles. The van der Waals surface area contributed by atoms with Crippen molar-refractivity contribution in [3.8, 4) is 11.5 Å². The molecule has 5 rings (SSSR count). The number of nitrogens with zero attached hydrogens (tertiary/aromatic N) is 1. The summed E-state index contributed by atoms with van der Waals surface area (Å²) in [5.41, 5.74) is -0.604. The van der Waals surface area contributed by atoms with Crippen LogP contribution in [0, 0.1) is 5.92 Å². The van der Waals surface area contributed by atoms with Gasteiger partial charge in [0.1, 0.15) is 11.5 Å². The van der Waals surface area contributed by atoms with Crippen molar-refractivity contribution in [2.24, 2.45) is 5.92 Å². The maximum atomic E-state index is 13.0. The molecule has 0 spiro atoms. The predicted molar refractivity (Wildman–Crippen MR) is 137 cm³/mol. The van der Waals surface area contributed by atoms with E-state index in [1.165, 1.54) is 41.7 Å². The lowest BCUT2D eigenvalue weighted by Crippen LogP contribution is -2.23. The molecule has 4 aromatic rings. The molecule has 1 saturated carbocycles. The van der Waals surface area contributed by atoms with Crippen LogP contribution in [0.15, 0.2) is 60.7 Å². The molecule has 0 unspecified atom stereocenters. The molecule has 0 radical (unpaired) electrons. The van der Waals surface area contributed by atoms with E-state index in [1.54, 1.807) is 18.2 Å². The first-order valence-electron chi connectivity index (χ1n) is 11.3. The summed E-state index contributed by atoms with van der Waals surface area (Å²) >= 11 is 6.91. The molecule has 1 heterocycles. The Morgan fingerprint density at radius 1 is 0.947 bits per heavy atom. The van der Waals surface area contributed by atoms with Gasteiger partial charge in [0.05, 0.1) is 20.8 Å². The minimum Gasteiger partial charge on any atom is -0.457 e. The standard InChI is InChI=1S/C26H17ClF3N3O4S/c27-19-9-5-15(11-18(19)26(28,29)30)31-24(36)22(34)13-3-6-16(7-4-13)37-17-8-10-20-21(12-17)38-25(32-20)33-23(35)14-1-2-14/h3-12,14H,1-2H2,(H,31,36)(H,32,33,35). The highest BCUT2D eigenvalue weighted by Crippen LogP contribution is 2.36. The van der Waals surface area contributed by atoms with E-state index in [0.717, 1.165) is 23.6 Å². The van der Waals surface area contributed by atoms with Gasteiger partial charge in [-0.15, -0.1) is 0 Å². The van der Waals surface area contributed by atoms with Crippen LogP contribution in [-0.4, -0.2) is 22.6 Å². The van der Waals surface area contributed by atoms with Crippen molar-refractivity contribution in [2.75, 3.05) is 10.6 Å². The highest BCUT2D eigenvalue weighted by Gasteiger charge is 2.33. The first kappa shape index (κ1) is 25.7. The molecule has 12 heteroatoms. The monoisotopic (exact) mass is 559 g/mol. The van der Waals surface area contributed by atoms with E-state index in [0.29, 0.717) is 28.2 Å². The molecule has 0 atom stereocenters. The Balaban J connectivity index is 1.23. The summed E-state index contributed by atoms with van der Waals surface area (Å²) in [6, 6.07) is 13.8. The molecule has 2 N–H and O–H groups in total. The summed E-state index contributed by atoms with van der Waals surface area (Å²) in [7, 11) is 0. The number of rotatable bonds is 7. The normalized spacial score (nSPS) is 13.3. The number of amides is 2. The van der Waals surface area contributed by atoms with Crippen molar-refractivity contribution in [3.63, 3.8) is 0 Å². The lowest BCUT2D eigenvalue weighted by Gasteiger charge is -2.11. The number of thiazole rings is 1. The number of hydrogen-bond acceptors (Lipinski definition) is 6. The molecule has 1 aliphatic carbocycles. The number of aromatic nitrogens is 1. The van der Waals surface area contributed by atoms with Crippen molar-refractivity contribution >= 4 is 61.6 Å². The van der Waals surface area contributed by atoms with Crippen LogP contribution in [0.5, 0.6) is 11.5 Å². The zero-order valence-electron chi connectivity index (χ0n) is 19.3. The van der Waals surface area contributed by atoms with Crippen LogP contribution in [0.3, 0.4) is 0 Å². The van der Waals surface area contributed by atoms with E-state index in [-0.39, 0.29) is 23.1 Å². The Morgan fingerprint density at radius 2 is 1.66 bits per heavy atom. The zero-order chi connectivity index (χ0) is 27.0. The summed E-state index contributed by atoms with van der Waals surface area (Å²) < 4.78 is 45.8. The van der Waals surface area contributed by atoms with E-state index in [1.807, 2.05) is 0 Å². The third-order valence-corrected chi connectivity index (χ3v) is 6.89. The van der Waals surface area contributed by atoms with Gasteiger partial charge in [-0.05, 0) is 67.4 Å². The summed E-state index contributed by atoms with van der Waals surface area (Å²) in [5, 5.41) is 4.98. The molecule has 0 bridgehead atoms. The van der Waals surface area contributed by atoms with Crippen molar-refractivity contribution in [1.82, 2.24) is 4.98 Å². The largest absolute Gasteiger partial charge is 0.457 e. The second kappa shape index (κ2) is 10.1. The molecule has 1 aromatic heterocycles. The summed E-state index contributed by atoms with van der Waals surface area (Å²) in [6.45, 7) is 0. The first-order chi connectivity index (χ1) is 18.1. The average Bonchev–Trinajstić information content (AvgIpc) is 3.65. The number of Topliss-reactive ketones (excluding diaryl/α,β-unsaturated/α-hetero) is 1. The average molecular weight is 560 g/mol. The SMILES string of the molecule is O=C(Nc1ccc(Cl)c(C(F)(F)F)c1)C(=O)c1ccc(Oc2ccc3nc(NC(=O)C4CC4)sc3c2)cc1. The number of alkyl halides is 3. The van der Waals surface area contributed by atoms with Crippen LogP contribution in [0.25, 0.3) is 10.2 Å². The smallest absolute Gasteiger partial charge is 0.417 e. The number of ketones is 1. The molecule has 1 fully saturated rings. The van der Waals surface area contributed by atoms with Gasteiger partial charge in [-0.2, -0.15) is 13.2 Å². The molecule has 1 aliphatic rings. The molecule has 38 heavy (non-hydrogen) atoms. The van der Waals surface area contributed by atoms with Crippen LogP contribution in [0.1, 0.15) is 28.8 Å². The summed E-state index contributed by atoms with van der Waals surface area (Å²) in [4.78, 5) is 41.2. The van der Waals surface area contributed by atoms with Crippen LogP contribution in [0.2, 0.25) is 5.02 Å². The van der Waals surface area contributed by atoms with Crippen molar-refractivity contribution < 1.29 is 32.3 Å². The van der Waals surface area contributed by atoms with Crippen LogP contribution in [-0.2, 0) is 15.8 Å². The first-order valence-corrected chi connectivity index (χ1v) is 12.5. The number of hydrogen-bond donors (Lipinski definition) is 2. The van der Waals surface area contributed by atoms with Crippen LogP contribution < -0.4 is 15.4 Å². The second-order valence-electron chi connectivity index (χ2n) is 8.51. The number of carbonyl (C=O) groups is 3. The van der Waals surface area contributed by atoms with E-state index in [9.17, 15) is 27.6 Å². The van der Waals surface area contributed by atoms with Gasteiger partial charge >= 0.3 is 6.18 Å². The third kappa shape index (κ3) is 5.79. The lowest BCUT2D eigenvalue weighted by molar-refractivity contribution is -0.137. The van der Waals surface area contributed by atoms with E-state index in [2.05, 4.69) is 15.6 Å². The number of carbonyl (C=O) groups excluding carboxylic acids is 3. The van der Waals surface area contributed by atoms with Gasteiger partial charge < -0.3 is 15.4 Å². The zero-order valence-corrected chi connectivity index (χ0v) is 20.8. The number of ether oxygens (including phenoxy) is 1. The molecule has 3 aromatic carbocycles. The topological polar surface area (TPSA) is 97.4 Å². The van der Waals surface area contributed by atoms with Gasteiger partial charge in [0.15, 0.2) is 5.13 Å². The molecule has 7 nitrogen and oxygen atoms in total. The van der Waals surface area contributed by atoms with Crippen LogP contribution in [0.4, 0.5) is 24.0 Å². The number of anilines is 2. The molecular weight excluding hydrogens is 543 g/mol. The highest BCUT2D eigenvalue weighted by atomic mass is 35.5. The fourth-order valence-electron chi connectivity index (χ4n) is 3.52. The van der Waals surface area contributed by atoms with Gasteiger partial charge in [0, 0.05) is 23.2 Å². The predicted octanol–water partition coefficient (Wildman–Crippen LogP) is 6.93. The quantitative estimate of drug-likeness (QED) is 0.189. The molecule has 0 saturated heterocycles. The molecular formula is C26H17ClF3N3O4S. The summed E-state index contributed by atoms with van der Waals surface area (Å²) in [6.07, 6.45) is -2.92. The Bertz CT molecular complexity index is 1570. The van der Waals surface area contributed by atoms with Crippen molar-refractivity contribution in [1.29, 1.82) is 0 Å². The maximum absolute atomic E-state index is 13.0. The van der Waals surface area contributed by atoms with Gasteiger partial charge in [-0.25, -0.2) is 4.98 Å². The van der Waals surface area contributed by atoms with Gasteiger partial charge in [0.2, 0.25) is 5.91 Å². The summed E-state index contributed by atoms with van der Waals surface area (Å²) in [5.74, 6) is -1.10. The maximum Gasteiger partial charge on any atom is 0.417 e. The fourth-order valence-corrected chi connectivity index (χ4v) is 4.65. The second-order valence-corrected chi connectivity index (χ2v) is 9.95. The minimum absolute atomic E-state index is 0.0220. The fraction of sp³-hybridized carbons (Fsp3) is 0.154. The van der Waals surface area contributed by atoms with Gasteiger partial charge in [-0.3, -0.25) is 14.4 Å². The molecule has 2 amide bonds. The number of fused-ring (bicyclic) bond motifs is 1. The third-order valence-electron chi connectivity index (χ3n) is 5.63. The van der Waals surface area contributed by atoms with E-state index < -0.39 is 28.5 Å². The van der Waals surface area contributed by atoms with Crippen molar-refractivity contribution in [2.45, 2.75) is 19.0 Å². The van der Waals surface area contributed by atoms with E-state index in [4.69, 9.17) is 16.3 Å². The number of nitrogens with one attached hydrogen (secondary N) is 2. The number of benzene rings is 3. The van der Waals surface area contributed by atoms with Gasteiger partial charge in [-0.1, -0.05) is 22.9 Å².